The second-order valence-electron chi connectivity index (χ2n) is 2.80. The van der Waals surface area contributed by atoms with Crippen molar-refractivity contribution in [3.05, 3.63) is 52.4 Å². The SMILES string of the molecule is C=Cc1ccccc1CS(=O)(=O)N=[N+]=[N-]. The Morgan fingerprint density at radius 1 is 1.47 bits per heavy atom. The van der Waals surface area contributed by atoms with Crippen LogP contribution in [0.15, 0.2) is 35.4 Å². The summed E-state index contributed by atoms with van der Waals surface area (Å²) in [6.07, 6.45) is 1.56. The first kappa shape index (κ1) is 11.3. The Bertz CT molecular complexity index is 516. The lowest BCUT2D eigenvalue weighted by molar-refractivity contribution is 0.596. The Balaban J connectivity index is 3.09. The van der Waals surface area contributed by atoms with Gasteiger partial charge in [0.1, 0.15) is 0 Å². The molecule has 15 heavy (non-hydrogen) atoms. The van der Waals surface area contributed by atoms with Crippen LogP contribution in [0.25, 0.3) is 16.5 Å². The number of azide groups is 1. The van der Waals surface area contributed by atoms with E-state index in [0.29, 0.717) is 11.1 Å². The van der Waals surface area contributed by atoms with Gasteiger partial charge in [-0.1, -0.05) is 36.9 Å². The first-order valence-corrected chi connectivity index (χ1v) is 5.69. The highest BCUT2D eigenvalue weighted by atomic mass is 32.2. The summed E-state index contributed by atoms with van der Waals surface area (Å²) >= 11 is 0. The molecule has 1 rings (SSSR count). The molecule has 0 aliphatic heterocycles. The highest BCUT2D eigenvalue weighted by Gasteiger charge is 2.10. The van der Waals surface area contributed by atoms with Crippen LogP contribution in [0.1, 0.15) is 11.1 Å². The third-order valence-electron chi connectivity index (χ3n) is 1.77. The molecule has 0 saturated heterocycles. The molecule has 0 aliphatic carbocycles. The first-order valence-electron chi connectivity index (χ1n) is 4.08. The van der Waals surface area contributed by atoms with Gasteiger partial charge < -0.3 is 0 Å². The van der Waals surface area contributed by atoms with E-state index in [1.807, 2.05) is 0 Å². The lowest BCUT2D eigenvalue weighted by Crippen LogP contribution is -2.00. The molecule has 1 aromatic carbocycles. The van der Waals surface area contributed by atoms with Crippen LogP contribution in [0.2, 0.25) is 0 Å². The van der Waals surface area contributed by atoms with E-state index < -0.39 is 10.0 Å². The Morgan fingerprint density at radius 3 is 2.73 bits per heavy atom. The quantitative estimate of drug-likeness (QED) is 0.446. The van der Waals surface area contributed by atoms with E-state index in [2.05, 4.69) is 16.0 Å². The Hall–Kier alpha value is -1.78. The number of benzene rings is 1. The van der Waals surface area contributed by atoms with Gasteiger partial charge in [0.25, 0.3) is 0 Å². The van der Waals surface area contributed by atoms with Gasteiger partial charge in [-0.05, 0) is 16.7 Å². The van der Waals surface area contributed by atoms with E-state index in [9.17, 15) is 8.42 Å². The minimum Gasteiger partial charge on any atom is -0.221 e. The molecule has 0 saturated carbocycles. The van der Waals surface area contributed by atoms with E-state index in [1.165, 1.54) is 0 Å². The fourth-order valence-corrected chi connectivity index (χ4v) is 1.97. The maximum atomic E-state index is 11.2. The molecule has 0 atom stereocenters. The largest absolute Gasteiger partial charge is 0.239 e. The van der Waals surface area contributed by atoms with Gasteiger partial charge in [-0.15, -0.1) is 0 Å². The minimum atomic E-state index is -3.76. The smallest absolute Gasteiger partial charge is 0.221 e. The van der Waals surface area contributed by atoms with Crippen LogP contribution in [0, 0.1) is 0 Å². The van der Waals surface area contributed by atoms with Crippen LogP contribution in [0.4, 0.5) is 0 Å². The number of sulfonamides is 1. The van der Waals surface area contributed by atoms with Gasteiger partial charge in [0.05, 0.1) is 5.75 Å². The van der Waals surface area contributed by atoms with E-state index >= 15 is 0 Å². The van der Waals surface area contributed by atoms with Gasteiger partial charge in [0, 0.05) is 9.43 Å². The van der Waals surface area contributed by atoms with Crippen molar-refractivity contribution in [1.29, 1.82) is 0 Å². The Labute approximate surface area is 87.7 Å². The molecule has 0 radical (unpaired) electrons. The number of nitrogens with zero attached hydrogens (tertiary/aromatic N) is 3. The van der Waals surface area contributed by atoms with Crippen molar-refractivity contribution in [3.63, 3.8) is 0 Å². The van der Waals surface area contributed by atoms with Gasteiger partial charge in [0.2, 0.25) is 10.0 Å². The van der Waals surface area contributed by atoms with E-state index in [4.69, 9.17) is 5.53 Å². The van der Waals surface area contributed by atoms with Crippen LogP contribution >= 0.6 is 0 Å². The van der Waals surface area contributed by atoms with Crippen LogP contribution in [0.3, 0.4) is 0 Å². The molecule has 78 valence electrons. The molecule has 0 spiro atoms. The molecule has 0 fully saturated rings. The van der Waals surface area contributed by atoms with Crippen molar-refractivity contribution in [2.24, 2.45) is 4.52 Å². The molecule has 6 heteroatoms. The van der Waals surface area contributed by atoms with E-state index in [-0.39, 0.29) is 5.75 Å². The zero-order valence-electron chi connectivity index (χ0n) is 7.87. The topological polar surface area (TPSA) is 82.9 Å². The van der Waals surface area contributed by atoms with Gasteiger partial charge in [0.15, 0.2) is 0 Å². The molecule has 0 unspecified atom stereocenters. The predicted molar refractivity (Wildman–Crippen MR) is 58.3 cm³/mol. The van der Waals surface area contributed by atoms with E-state index in [1.54, 1.807) is 30.3 Å². The second kappa shape index (κ2) is 4.63. The van der Waals surface area contributed by atoms with Crippen LogP contribution in [-0.4, -0.2) is 8.42 Å². The summed E-state index contributed by atoms with van der Waals surface area (Å²) in [5, 5.41) is 0. The van der Waals surface area contributed by atoms with Gasteiger partial charge in [-0.3, -0.25) is 0 Å². The monoisotopic (exact) mass is 223 g/mol. The van der Waals surface area contributed by atoms with Crippen molar-refractivity contribution < 1.29 is 8.42 Å². The maximum Gasteiger partial charge on any atom is 0.239 e. The predicted octanol–water partition coefficient (Wildman–Crippen LogP) is 2.47. The molecule has 5 nitrogen and oxygen atoms in total. The summed E-state index contributed by atoms with van der Waals surface area (Å²) < 4.78 is 25.2. The number of hydrogen-bond acceptors (Lipinski definition) is 2. The molecule has 0 N–H and O–H groups in total. The number of rotatable bonds is 4. The molecule has 0 heterocycles. The molecule has 0 amide bonds. The normalized spacial score (nSPS) is 10.4. The maximum absolute atomic E-state index is 11.2. The molecular formula is C9H9N3O2S. The van der Waals surface area contributed by atoms with Crippen molar-refractivity contribution in [2.45, 2.75) is 5.75 Å². The summed E-state index contributed by atoms with van der Waals surface area (Å²) in [5.74, 6) is -0.306. The van der Waals surface area contributed by atoms with Crippen LogP contribution in [0.5, 0.6) is 0 Å². The summed E-state index contributed by atoms with van der Waals surface area (Å²) in [6, 6.07) is 6.89. The van der Waals surface area contributed by atoms with Crippen molar-refractivity contribution in [1.82, 2.24) is 0 Å². The van der Waals surface area contributed by atoms with Crippen molar-refractivity contribution in [2.75, 3.05) is 0 Å². The molecular weight excluding hydrogens is 214 g/mol. The van der Waals surface area contributed by atoms with Gasteiger partial charge >= 0.3 is 0 Å². The molecule has 0 aliphatic rings. The van der Waals surface area contributed by atoms with E-state index in [0.717, 1.165) is 0 Å². The van der Waals surface area contributed by atoms with Crippen molar-refractivity contribution >= 4 is 16.1 Å². The summed E-state index contributed by atoms with van der Waals surface area (Å²) in [6.45, 7) is 3.57. The van der Waals surface area contributed by atoms with Crippen molar-refractivity contribution in [3.8, 4) is 0 Å². The standard InChI is InChI=1S/C9H9N3O2S/c1-2-8-5-3-4-6-9(8)7-15(13,14)12-11-10/h2-6H,1,7H2. The fourth-order valence-electron chi connectivity index (χ4n) is 1.15. The third-order valence-corrected chi connectivity index (χ3v) is 2.77. The Kier molecular flexibility index (Phi) is 3.49. The number of hydrogen-bond donors (Lipinski definition) is 0. The van der Waals surface area contributed by atoms with Crippen LogP contribution < -0.4 is 0 Å². The minimum absolute atomic E-state index is 0.306. The second-order valence-corrected chi connectivity index (χ2v) is 4.42. The summed E-state index contributed by atoms with van der Waals surface area (Å²) in [5.41, 5.74) is 9.35. The molecule has 0 aromatic heterocycles. The third kappa shape index (κ3) is 3.12. The highest BCUT2D eigenvalue weighted by Crippen LogP contribution is 2.14. The first-order chi connectivity index (χ1) is 7.09. The zero-order valence-corrected chi connectivity index (χ0v) is 8.68. The summed E-state index contributed by atoms with van der Waals surface area (Å²) in [4.78, 5) is 2.27. The van der Waals surface area contributed by atoms with Gasteiger partial charge in [-0.25, -0.2) is 8.42 Å². The average Bonchev–Trinajstić information content (AvgIpc) is 2.17. The Morgan fingerprint density at radius 2 is 2.13 bits per heavy atom. The van der Waals surface area contributed by atoms with Gasteiger partial charge in [-0.2, -0.15) is 0 Å². The molecule has 0 bridgehead atoms. The highest BCUT2D eigenvalue weighted by molar-refractivity contribution is 7.89. The molecule has 1 aromatic rings. The van der Waals surface area contributed by atoms with Crippen LogP contribution in [-0.2, 0) is 15.8 Å². The average molecular weight is 223 g/mol. The lowest BCUT2D eigenvalue weighted by atomic mass is 10.1. The zero-order chi connectivity index (χ0) is 11.3. The lowest BCUT2D eigenvalue weighted by Gasteiger charge is -2.02. The summed E-state index contributed by atoms with van der Waals surface area (Å²) in [7, 11) is -3.76. The fraction of sp³-hybridized carbons (Fsp3) is 0.111.